The molecule has 0 N–H and O–H groups in total. The Morgan fingerprint density at radius 1 is 1.60 bits per heavy atom. The highest BCUT2D eigenvalue weighted by Crippen LogP contribution is 2.46. The van der Waals surface area contributed by atoms with Crippen LogP contribution in [0.2, 0.25) is 0 Å². The van der Waals surface area contributed by atoms with Crippen LogP contribution in [-0.4, -0.2) is 15.9 Å². The normalized spacial score (nSPS) is 19.9. The monoisotopic (exact) mass is 208 g/mol. The molecule has 0 aliphatic heterocycles. The lowest BCUT2D eigenvalue weighted by Crippen LogP contribution is -2.09. The van der Waals surface area contributed by atoms with Crippen molar-refractivity contribution in [3.05, 3.63) is 11.7 Å². The Kier molecular flexibility index (Phi) is 2.37. The van der Waals surface area contributed by atoms with Gasteiger partial charge in [-0.25, -0.2) is 0 Å². The van der Waals surface area contributed by atoms with Crippen molar-refractivity contribution in [2.75, 3.05) is 0 Å². The summed E-state index contributed by atoms with van der Waals surface area (Å²) >= 11 is 0. The van der Waals surface area contributed by atoms with E-state index in [4.69, 9.17) is 4.52 Å². The van der Waals surface area contributed by atoms with Gasteiger partial charge in [-0.1, -0.05) is 19.0 Å². The Balaban J connectivity index is 2.22. The van der Waals surface area contributed by atoms with E-state index in [0.29, 0.717) is 12.3 Å². The number of hydrogen-bond acceptors (Lipinski definition) is 4. The standard InChI is InChI=1S/C11H16N2O2/c1-4-8(7(2)14)9-12-10(13-15-9)11(3)5-6-11/h8H,4-6H2,1-3H3. The summed E-state index contributed by atoms with van der Waals surface area (Å²) < 4.78 is 5.16. The maximum Gasteiger partial charge on any atom is 0.237 e. The van der Waals surface area contributed by atoms with Gasteiger partial charge in [-0.3, -0.25) is 4.79 Å². The van der Waals surface area contributed by atoms with Gasteiger partial charge < -0.3 is 4.52 Å². The van der Waals surface area contributed by atoms with E-state index in [-0.39, 0.29) is 17.1 Å². The fraction of sp³-hybridized carbons (Fsp3) is 0.727. The molecule has 0 amide bonds. The number of Topliss-reactive ketones (excluding diaryl/α,β-unsaturated/α-hetero) is 1. The van der Waals surface area contributed by atoms with Crippen molar-refractivity contribution in [3.8, 4) is 0 Å². The quantitative estimate of drug-likeness (QED) is 0.761. The highest BCUT2D eigenvalue weighted by Gasteiger charge is 2.44. The first-order valence-electron chi connectivity index (χ1n) is 5.41. The minimum absolute atomic E-state index is 0.0913. The van der Waals surface area contributed by atoms with Crippen LogP contribution >= 0.6 is 0 Å². The summed E-state index contributed by atoms with van der Waals surface area (Å²) in [6, 6.07) is 0. The van der Waals surface area contributed by atoms with Gasteiger partial charge in [-0.2, -0.15) is 4.98 Å². The molecule has 1 heterocycles. The van der Waals surface area contributed by atoms with E-state index in [0.717, 1.165) is 18.7 Å². The van der Waals surface area contributed by atoms with Crippen LogP contribution in [-0.2, 0) is 10.2 Å². The van der Waals surface area contributed by atoms with Gasteiger partial charge in [0.15, 0.2) is 5.82 Å². The zero-order valence-corrected chi connectivity index (χ0v) is 9.41. The van der Waals surface area contributed by atoms with Gasteiger partial charge in [-0.05, 0) is 26.2 Å². The molecule has 0 spiro atoms. The Labute approximate surface area is 89.1 Å². The first-order valence-corrected chi connectivity index (χ1v) is 5.41. The minimum atomic E-state index is -0.228. The van der Waals surface area contributed by atoms with Gasteiger partial charge in [-0.15, -0.1) is 0 Å². The van der Waals surface area contributed by atoms with Gasteiger partial charge in [0, 0.05) is 5.41 Å². The van der Waals surface area contributed by atoms with Gasteiger partial charge in [0.05, 0.1) is 5.92 Å². The lowest BCUT2D eigenvalue weighted by Gasteiger charge is -2.03. The molecule has 0 radical (unpaired) electrons. The van der Waals surface area contributed by atoms with E-state index >= 15 is 0 Å². The Morgan fingerprint density at radius 3 is 2.73 bits per heavy atom. The van der Waals surface area contributed by atoms with Crippen molar-refractivity contribution < 1.29 is 9.32 Å². The lowest BCUT2D eigenvalue weighted by atomic mass is 10.0. The van der Waals surface area contributed by atoms with Gasteiger partial charge in [0.2, 0.25) is 5.89 Å². The molecule has 0 aromatic carbocycles. The molecular weight excluding hydrogens is 192 g/mol. The summed E-state index contributed by atoms with van der Waals surface area (Å²) in [5.74, 6) is 1.10. The molecule has 1 aliphatic rings. The van der Waals surface area contributed by atoms with E-state index in [1.165, 1.54) is 0 Å². The van der Waals surface area contributed by atoms with Gasteiger partial charge in [0.25, 0.3) is 0 Å². The van der Waals surface area contributed by atoms with Crippen LogP contribution in [0.3, 0.4) is 0 Å². The second kappa shape index (κ2) is 3.43. The lowest BCUT2D eigenvalue weighted by molar-refractivity contribution is -0.119. The summed E-state index contributed by atoms with van der Waals surface area (Å²) in [7, 11) is 0. The molecular formula is C11H16N2O2. The van der Waals surface area contributed by atoms with E-state index in [2.05, 4.69) is 17.1 Å². The first-order chi connectivity index (χ1) is 7.07. The predicted octanol–water partition coefficient (Wildman–Crippen LogP) is 2.20. The van der Waals surface area contributed by atoms with Crippen molar-refractivity contribution in [2.24, 2.45) is 0 Å². The molecule has 1 unspecified atom stereocenters. The number of carbonyl (C=O) groups excluding carboxylic acids is 1. The second-order valence-electron chi connectivity index (χ2n) is 4.59. The third-order valence-electron chi connectivity index (χ3n) is 3.18. The molecule has 1 atom stereocenters. The summed E-state index contributed by atoms with van der Waals surface area (Å²) in [5, 5.41) is 3.96. The van der Waals surface area contributed by atoms with Crippen molar-refractivity contribution in [3.63, 3.8) is 0 Å². The van der Waals surface area contributed by atoms with Crippen LogP contribution in [0.25, 0.3) is 0 Å². The van der Waals surface area contributed by atoms with Crippen molar-refractivity contribution >= 4 is 5.78 Å². The molecule has 1 fully saturated rings. The van der Waals surface area contributed by atoms with E-state index in [9.17, 15) is 4.79 Å². The maximum absolute atomic E-state index is 11.3. The maximum atomic E-state index is 11.3. The zero-order valence-electron chi connectivity index (χ0n) is 9.41. The van der Waals surface area contributed by atoms with Crippen LogP contribution in [0, 0.1) is 0 Å². The predicted molar refractivity (Wildman–Crippen MR) is 54.6 cm³/mol. The summed E-state index contributed by atoms with van der Waals surface area (Å²) in [5.41, 5.74) is 0.108. The number of hydrogen-bond donors (Lipinski definition) is 0. The van der Waals surface area contributed by atoms with Crippen molar-refractivity contribution in [1.82, 2.24) is 10.1 Å². The average molecular weight is 208 g/mol. The average Bonchev–Trinajstić information content (AvgIpc) is 2.76. The number of ketones is 1. The van der Waals surface area contributed by atoms with Crippen molar-refractivity contribution in [1.29, 1.82) is 0 Å². The number of aromatic nitrogens is 2. The Bertz CT molecular complexity index is 380. The van der Waals surface area contributed by atoms with Crippen LogP contribution in [0.15, 0.2) is 4.52 Å². The largest absolute Gasteiger partial charge is 0.339 e. The van der Waals surface area contributed by atoms with E-state index in [1.807, 2.05) is 6.92 Å². The third kappa shape index (κ3) is 1.80. The minimum Gasteiger partial charge on any atom is -0.339 e. The number of rotatable bonds is 4. The molecule has 1 aromatic heterocycles. The first kappa shape index (κ1) is 10.3. The van der Waals surface area contributed by atoms with Gasteiger partial charge in [0.1, 0.15) is 5.78 Å². The fourth-order valence-electron chi connectivity index (χ4n) is 1.67. The van der Waals surface area contributed by atoms with Crippen LogP contribution in [0.1, 0.15) is 57.7 Å². The van der Waals surface area contributed by atoms with E-state index in [1.54, 1.807) is 6.92 Å². The molecule has 0 bridgehead atoms. The molecule has 1 aromatic rings. The molecule has 1 aliphatic carbocycles. The molecule has 15 heavy (non-hydrogen) atoms. The third-order valence-corrected chi connectivity index (χ3v) is 3.18. The number of nitrogens with zero attached hydrogens (tertiary/aromatic N) is 2. The molecule has 4 nitrogen and oxygen atoms in total. The highest BCUT2D eigenvalue weighted by atomic mass is 16.5. The van der Waals surface area contributed by atoms with Crippen molar-refractivity contribution in [2.45, 2.75) is 51.4 Å². The highest BCUT2D eigenvalue weighted by molar-refractivity contribution is 5.82. The summed E-state index contributed by atoms with van der Waals surface area (Å²) in [4.78, 5) is 15.7. The van der Waals surface area contributed by atoms with Gasteiger partial charge >= 0.3 is 0 Å². The summed E-state index contributed by atoms with van der Waals surface area (Å²) in [6.07, 6.45) is 2.94. The summed E-state index contributed by atoms with van der Waals surface area (Å²) in [6.45, 7) is 5.64. The van der Waals surface area contributed by atoms with Crippen LogP contribution < -0.4 is 0 Å². The SMILES string of the molecule is CCC(C(C)=O)c1nc(C2(C)CC2)no1. The topological polar surface area (TPSA) is 56.0 Å². The smallest absolute Gasteiger partial charge is 0.237 e. The molecule has 2 rings (SSSR count). The second-order valence-corrected chi connectivity index (χ2v) is 4.59. The molecule has 4 heteroatoms. The Hall–Kier alpha value is -1.19. The molecule has 82 valence electrons. The zero-order chi connectivity index (χ0) is 11.1. The van der Waals surface area contributed by atoms with Crippen LogP contribution in [0.5, 0.6) is 0 Å². The molecule has 1 saturated carbocycles. The number of carbonyl (C=O) groups is 1. The molecule has 0 saturated heterocycles. The van der Waals surface area contributed by atoms with Crippen LogP contribution in [0.4, 0.5) is 0 Å². The Morgan fingerprint density at radius 2 is 2.27 bits per heavy atom. The van der Waals surface area contributed by atoms with E-state index < -0.39 is 0 Å². The fourth-order valence-corrected chi connectivity index (χ4v) is 1.67.